The van der Waals surface area contributed by atoms with E-state index in [1.165, 1.54) is 24.3 Å². The summed E-state index contributed by atoms with van der Waals surface area (Å²) in [7, 11) is -3.38. The van der Waals surface area contributed by atoms with Crippen LogP contribution in [0.4, 0.5) is 0 Å². The zero-order valence-electron chi connectivity index (χ0n) is 12.3. The first-order chi connectivity index (χ1) is 11.2. The van der Waals surface area contributed by atoms with Crippen molar-refractivity contribution in [3.05, 3.63) is 46.4 Å². The van der Waals surface area contributed by atoms with E-state index in [9.17, 15) is 13.2 Å². The van der Waals surface area contributed by atoms with E-state index in [1.54, 1.807) is 12.1 Å². The van der Waals surface area contributed by atoms with Crippen LogP contribution in [0, 0.1) is 0 Å². The minimum Gasteiger partial charge on any atom is -0.481 e. The molecule has 0 aromatic heterocycles. The van der Waals surface area contributed by atoms with Crippen molar-refractivity contribution in [1.82, 2.24) is 0 Å². The van der Waals surface area contributed by atoms with Gasteiger partial charge in [-0.2, -0.15) is 0 Å². The molecule has 9 heteroatoms. The van der Waals surface area contributed by atoms with E-state index < -0.39 is 15.8 Å². The highest BCUT2D eigenvalue weighted by molar-refractivity contribution is 8.00. The SMILES string of the molecule is CS(=O)(=O)c1ccc(Oc2cc(Cl)ccc2SCC(=O)O)c(Cl)c1. The van der Waals surface area contributed by atoms with Gasteiger partial charge in [0.1, 0.15) is 11.5 Å². The lowest BCUT2D eigenvalue weighted by atomic mass is 10.3. The number of thioether (sulfide) groups is 1. The summed E-state index contributed by atoms with van der Waals surface area (Å²) in [6, 6.07) is 8.90. The maximum Gasteiger partial charge on any atom is 0.313 e. The molecule has 2 aromatic rings. The minimum absolute atomic E-state index is 0.0754. The van der Waals surface area contributed by atoms with Gasteiger partial charge in [0, 0.05) is 17.3 Å². The van der Waals surface area contributed by atoms with E-state index in [0.29, 0.717) is 15.7 Å². The number of sulfone groups is 1. The van der Waals surface area contributed by atoms with Gasteiger partial charge in [0.15, 0.2) is 9.84 Å². The summed E-state index contributed by atoms with van der Waals surface area (Å²) in [5.74, 6) is -0.527. The fourth-order valence-electron chi connectivity index (χ4n) is 1.73. The smallest absolute Gasteiger partial charge is 0.313 e. The molecule has 0 aliphatic heterocycles. The molecule has 0 unspecified atom stereocenters. The van der Waals surface area contributed by atoms with Crippen LogP contribution in [0.5, 0.6) is 11.5 Å². The van der Waals surface area contributed by atoms with Crippen molar-refractivity contribution < 1.29 is 23.1 Å². The molecule has 1 N–H and O–H groups in total. The molecule has 2 rings (SSSR count). The fraction of sp³-hybridized carbons (Fsp3) is 0.133. The lowest BCUT2D eigenvalue weighted by Crippen LogP contribution is -1.99. The first-order valence-corrected chi connectivity index (χ1v) is 10.1. The van der Waals surface area contributed by atoms with Gasteiger partial charge in [-0.25, -0.2) is 8.42 Å². The third kappa shape index (κ3) is 5.04. The normalized spacial score (nSPS) is 11.3. The molecule has 2 aromatic carbocycles. The van der Waals surface area contributed by atoms with Gasteiger partial charge in [0.05, 0.1) is 20.6 Å². The quantitative estimate of drug-likeness (QED) is 0.717. The molecule has 24 heavy (non-hydrogen) atoms. The lowest BCUT2D eigenvalue weighted by molar-refractivity contribution is -0.133. The molecule has 0 atom stereocenters. The van der Waals surface area contributed by atoms with Crippen LogP contribution in [0.15, 0.2) is 46.2 Å². The van der Waals surface area contributed by atoms with Gasteiger partial charge < -0.3 is 9.84 Å². The van der Waals surface area contributed by atoms with E-state index in [-0.39, 0.29) is 21.4 Å². The maximum atomic E-state index is 11.5. The Morgan fingerprint density at radius 2 is 1.88 bits per heavy atom. The molecule has 0 saturated carbocycles. The molecule has 0 aliphatic carbocycles. The topological polar surface area (TPSA) is 80.7 Å². The number of benzene rings is 2. The summed E-state index contributed by atoms with van der Waals surface area (Å²) in [5.41, 5.74) is 0. The highest BCUT2D eigenvalue weighted by Gasteiger charge is 2.14. The van der Waals surface area contributed by atoms with E-state index in [2.05, 4.69) is 0 Å². The summed E-state index contributed by atoms with van der Waals surface area (Å²) in [6.07, 6.45) is 1.08. The average Bonchev–Trinajstić information content (AvgIpc) is 2.47. The highest BCUT2D eigenvalue weighted by atomic mass is 35.5. The fourth-order valence-corrected chi connectivity index (χ4v) is 3.51. The Bertz CT molecular complexity index is 881. The minimum atomic E-state index is -3.38. The zero-order valence-corrected chi connectivity index (χ0v) is 15.5. The van der Waals surface area contributed by atoms with Crippen molar-refractivity contribution >= 4 is 50.8 Å². The van der Waals surface area contributed by atoms with Crippen LogP contribution in [0.25, 0.3) is 0 Å². The maximum absolute atomic E-state index is 11.5. The predicted molar refractivity (Wildman–Crippen MR) is 94.4 cm³/mol. The summed E-state index contributed by atoms with van der Waals surface area (Å²) >= 11 is 13.1. The Hall–Kier alpha value is -1.41. The molecular formula is C15H12Cl2O5S2. The van der Waals surface area contributed by atoms with Crippen molar-refractivity contribution in [2.45, 2.75) is 9.79 Å². The van der Waals surface area contributed by atoms with Gasteiger partial charge in [-0.1, -0.05) is 23.2 Å². The van der Waals surface area contributed by atoms with E-state index in [1.807, 2.05) is 0 Å². The number of hydrogen-bond acceptors (Lipinski definition) is 5. The largest absolute Gasteiger partial charge is 0.481 e. The van der Waals surface area contributed by atoms with Gasteiger partial charge in [-0.15, -0.1) is 11.8 Å². The number of rotatable bonds is 6. The molecule has 0 heterocycles. The van der Waals surface area contributed by atoms with Crippen LogP contribution >= 0.6 is 35.0 Å². The molecule has 5 nitrogen and oxygen atoms in total. The lowest BCUT2D eigenvalue weighted by Gasteiger charge is -2.12. The zero-order chi connectivity index (χ0) is 17.9. The standard InChI is InChI=1S/C15H12Cl2O5S2/c1-24(20,21)10-3-4-12(11(17)7-10)22-13-6-9(16)2-5-14(13)23-8-15(18)19/h2-7H,8H2,1H3,(H,18,19). The van der Waals surface area contributed by atoms with Crippen LogP contribution in [0.1, 0.15) is 0 Å². The second-order valence-corrected chi connectivity index (χ2v) is 8.62. The highest BCUT2D eigenvalue weighted by Crippen LogP contribution is 2.38. The summed E-state index contributed by atoms with van der Waals surface area (Å²) < 4.78 is 28.7. The number of carboxylic acids is 1. The number of carbonyl (C=O) groups is 1. The van der Waals surface area contributed by atoms with Crippen molar-refractivity contribution in [2.75, 3.05) is 12.0 Å². The van der Waals surface area contributed by atoms with Crippen molar-refractivity contribution in [3.8, 4) is 11.5 Å². The van der Waals surface area contributed by atoms with Crippen molar-refractivity contribution in [1.29, 1.82) is 0 Å². The van der Waals surface area contributed by atoms with Crippen molar-refractivity contribution in [3.63, 3.8) is 0 Å². The van der Waals surface area contributed by atoms with Gasteiger partial charge in [0.25, 0.3) is 0 Å². The third-order valence-corrected chi connectivity index (χ3v) is 5.49. The number of hydrogen-bond donors (Lipinski definition) is 1. The molecule has 0 saturated heterocycles. The first-order valence-electron chi connectivity index (χ1n) is 6.48. The van der Waals surface area contributed by atoms with E-state index >= 15 is 0 Å². The summed E-state index contributed by atoms with van der Waals surface area (Å²) in [6.45, 7) is 0. The molecular weight excluding hydrogens is 395 g/mol. The Kier molecular flexibility index (Phi) is 6.03. The van der Waals surface area contributed by atoms with Gasteiger partial charge in [0.2, 0.25) is 0 Å². The van der Waals surface area contributed by atoms with Crippen LogP contribution in [0.2, 0.25) is 10.0 Å². The average molecular weight is 407 g/mol. The second-order valence-electron chi connectivity index (χ2n) is 4.74. The first kappa shape index (κ1) is 18.9. The molecule has 0 radical (unpaired) electrons. The van der Waals surface area contributed by atoms with Gasteiger partial charge in [-0.05, 0) is 30.3 Å². The molecule has 0 bridgehead atoms. The Labute approximate surface area is 153 Å². The second kappa shape index (κ2) is 7.65. The van der Waals surface area contributed by atoms with Crippen LogP contribution < -0.4 is 4.74 Å². The molecule has 0 spiro atoms. The molecule has 128 valence electrons. The van der Waals surface area contributed by atoms with Gasteiger partial charge in [-0.3, -0.25) is 4.79 Å². The Balaban J connectivity index is 2.33. The third-order valence-electron chi connectivity index (χ3n) is 2.81. The van der Waals surface area contributed by atoms with Gasteiger partial charge >= 0.3 is 5.97 Å². The van der Waals surface area contributed by atoms with Crippen LogP contribution in [0.3, 0.4) is 0 Å². The molecule has 0 fully saturated rings. The number of halogens is 2. The number of carboxylic acid groups (broad SMARTS) is 1. The van der Waals surface area contributed by atoms with E-state index in [4.69, 9.17) is 33.0 Å². The van der Waals surface area contributed by atoms with Crippen molar-refractivity contribution in [2.24, 2.45) is 0 Å². The Morgan fingerprint density at radius 1 is 1.17 bits per heavy atom. The molecule has 0 aliphatic rings. The van der Waals surface area contributed by atoms with Crippen LogP contribution in [-0.2, 0) is 14.6 Å². The summed E-state index contributed by atoms with van der Waals surface area (Å²) in [4.78, 5) is 11.4. The van der Waals surface area contributed by atoms with Crippen LogP contribution in [-0.4, -0.2) is 31.5 Å². The number of aliphatic carboxylic acids is 1. The summed E-state index contributed by atoms with van der Waals surface area (Å²) in [5, 5.41) is 9.32. The predicted octanol–water partition coefficient (Wildman–Crippen LogP) is 4.37. The number of ether oxygens (including phenoxy) is 1. The Morgan fingerprint density at radius 3 is 2.46 bits per heavy atom. The molecule has 0 amide bonds. The monoisotopic (exact) mass is 406 g/mol. The van der Waals surface area contributed by atoms with E-state index in [0.717, 1.165) is 18.0 Å².